The Morgan fingerprint density at radius 2 is 1.24 bits per heavy atom. The summed E-state index contributed by atoms with van der Waals surface area (Å²) in [6.07, 6.45) is 10.8. The van der Waals surface area contributed by atoms with Crippen molar-refractivity contribution in [1.82, 2.24) is 20.4 Å². The van der Waals surface area contributed by atoms with Crippen molar-refractivity contribution in [3.63, 3.8) is 0 Å². The number of carbonyl (C=O) groups is 1. The summed E-state index contributed by atoms with van der Waals surface area (Å²) in [5.74, 6) is 4.65. The molecule has 192 valence electrons. The number of nitrogens with zero attached hydrogens (tertiary/aromatic N) is 4. The fourth-order valence-corrected chi connectivity index (χ4v) is 4.69. The maximum Gasteiger partial charge on any atom is 0.321 e. The van der Waals surface area contributed by atoms with Gasteiger partial charge in [0, 0.05) is 51.4 Å². The minimum absolute atomic E-state index is 0. The van der Waals surface area contributed by atoms with Gasteiger partial charge in [-0.3, -0.25) is 20.2 Å². The molecule has 2 aromatic rings. The molecular weight excluding hydrogens is 500 g/mol. The van der Waals surface area contributed by atoms with Crippen LogP contribution in [0, 0.1) is 44.9 Å². The number of amides is 2. The van der Waals surface area contributed by atoms with E-state index < -0.39 is 21.9 Å². The molecule has 2 fully saturated rings. The fraction of sp³-hybridized carbons (Fsp3) is 0.320. The summed E-state index contributed by atoms with van der Waals surface area (Å²) in [5.41, 5.74) is 1.17. The van der Waals surface area contributed by atoms with Gasteiger partial charge in [-0.25, -0.2) is 4.79 Å². The third-order valence-electron chi connectivity index (χ3n) is 6.50. The molecule has 0 radical (unpaired) electrons. The van der Waals surface area contributed by atoms with Crippen LogP contribution in [0.5, 0.6) is 0 Å². The summed E-state index contributed by atoms with van der Waals surface area (Å²) in [6.45, 7) is 2.73. The smallest absolute Gasteiger partial charge is 0.315 e. The Labute approximate surface area is 219 Å². The van der Waals surface area contributed by atoms with Crippen LogP contribution in [0.4, 0.5) is 16.2 Å². The van der Waals surface area contributed by atoms with Gasteiger partial charge in [0.1, 0.15) is 11.1 Å². The third-order valence-corrected chi connectivity index (χ3v) is 6.50. The van der Waals surface area contributed by atoms with E-state index in [0.29, 0.717) is 50.4 Å². The van der Waals surface area contributed by atoms with Crippen LogP contribution >= 0.6 is 12.4 Å². The largest absolute Gasteiger partial charge is 0.321 e. The average molecular weight is 525 g/mol. The molecule has 2 unspecified atom stereocenters. The molecule has 2 atom stereocenters. The zero-order valence-corrected chi connectivity index (χ0v) is 20.6. The normalized spacial score (nSPS) is 19.2. The van der Waals surface area contributed by atoms with Crippen LogP contribution in [-0.4, -0.2) is 64.9 Å². The van der Waals surface area contributed by atoms with Crippen molar-refractivity contribution in [2.24, 2.45) is 0 Å². The second-order valence-electron chi connectivity index (χ2n) is 8.47. The average Bonchev–Trinajstić information content (AvgIpc) is 2.91. The van der Waals surface area contributed by atoms with E-state index in [1.54, 1.807) is 21.9 Å². The molecule has 37 heavy (non-hydrogen) atoms. The zero-order chi connectivity index (χ0) is 25.8. The predicted octanol–water partition coefficient (Wildman–Crippen LogP) is 2.60. The van der Waals surface area contributed by atoms with Crippen LogP contribution in [0.15, 0.2) is 36.4 Å². The number of urea groups is 1. The van der Waals surface area contributed by atoms with Crippen LogP contribution in [0.3, 0.4) is 0 Å². The van der Waals surface area contributed by atoms with Crippen LogP contribution < -0.4 is 10.6 Å². The summed E-state index contributed by atoms with van der Waals surface area (Å²) in [5, 5.41) is 29.6. The molecule has 2 aliphatic heterocycles. The standard InChI is InChI=1S/C25H24N6O5.ClH/c1-3-17-5-7-19(13-21(17)30(33)34)23-15-26-9-11-28(23)25(32)29-12-10-27-16-24(29)20-8-6-18(4-2)22(14-20)31(35)36;/h1-2,5-8,13-14,23-24,26-27H,9-12,15-16H2;1H. The Morgan fingerprint density at radius 1 is 0.838 bits per heavy atom. The number of carbonyl (C=O) groups excluding carboxylic acids is 1. The van der Waals surface area contributed by atoms with E-state index in [0.717, 1.165) is 0 Å². The minimum Gasteiger partial charge on any atom is -0.315 e. The lowest BCUT2D eigenvalue weighted by molar-refractivity contribution is -0.385. The molecule has 2 N–H and O–H groups in total. The first kappa shape index (κ1) is 27.4. The van der Waals surface area contributed by atoms with E-state index in [4.69, 9.17) is 12.8 Å². The van der Waals surface area contributed by atoms with E-state index >= 15 is 0 Å². The highest BCUT2D eigenvalue weighted by molar-refractivity contribution is 5.85. The van der Waals surface area contributed by atoms with Crippen LogP contribution in [0.25, 0.3) is 0 Å². The van der Waals surface area contributed by atoms with Crippen LogP contribution in [0.1, 0.15) is 34.3 Å². The van der Waals surface area contributed by atoms with E-state index in [1.165, 1.54) is 24.3 Å². The van der Waals surface area contributed by atoms with Crippen molar-refractivity contribution >= 4 is 29.8 Å². The molecular formula is C25H25ClN6O5. The van der Waals surface area contributed by atoms with Crippen LogP contribution in [-0.2, 0) is 0 Å². The summed E-state index contributed by atoms with van der Waals surface area (Å²) < 4.78 is 0. The monoisotopic (exact) mass is 524 g/mol. The third kappa shape index (κ3) is 5.49. The summed E-state index contributed by atoms with van der Waals surface area (Å²) in [6, 6.07) is 8.13. The van der Waals surface area contributed by atoms with Crippen molar-refractivity contribution < 1.29 is 14.6 Å². The number of hydrogen-bond acceptors (Lipinski definition) is 7. The Bertz CT molecular complexity index is 1210. The first-order valence-corrected chi connectivity index (χ1v) is 11.3. The maximum absolute atomic E-state index is 13.9. The second-order valence-corrected chi connectivity index (χ2v) is 8.47. The van der Waals surface area contributed by atoms with Crippen molar-refractivity contribution in [2.75, 3.05) is 39.3 Å². The highest BCUT2D eigenvalue weighted by atomic mass is 35.5. The zero-order valence-electron chi connectivity index (χ0n) is 19.8. The van der Waals surface area contributed by atoms with Gasteiger partial charge in [-0.2, -0.15) is 0 Å². The van der Waals surface area contributed by atoms with E-state index in [1.807, 2.05) is 0 Å². The molecule has 0 spiro atoms. The number of nitro benzene ring substituents is 2. The lowest BCUT2D eigenvalue weighted by Crippen LogP contribution is -2.57. The maximum atomic E-state index is 13.9. The highest BCUT2D eigenvalue weighted by Gasteiger charge is 2.37. The summed E-state index contributed by atoms with van der Waals surface area (Å²) >= 11 is 0. The molecule has 12 heteroatoms. The van der Waals surface area contributed by atoms with Gasteiger partial charge in [-0.15, -0.1) is 25.3 Å². The molecule has 0 aromatic heterocycles. The van der Waals surface area contributed by atoms with E-state index in [-0.39, 0.29) is 40.9 Å². The number of benzene rings is 2. The fourth-order valence-electron chi connectivity index (χ4n) is 4.69. The predicted molar refractivity (Wildman–Crippen MR) is 139 cm³/mol. The van der Waals surface area contributed by atoms with E-state index in [2.05, 4.69) is 22.5 Å². The molecule has 4 rings (SSSR count). The number of terminal acetylenes is 2. The Balaban J connectivity index is 0.00000380. The first-order valence-electron chi connectivity index (χ1n) is 11.3. The highest BCUT2D eigenvalue weighted by Crippen LogP contribution is 2.32. The SMILES string of the molecule is C#Cc1ccc(C2CNCCN2C(=O)N2CCNCC2c2ccc(C#C)c([N+](=O)[O-])c2)cc1[N+](=O)[O-].Cl. The number of hydrogen-bond donors (Lipinski definition) is 2. The van der Waals surface area contributed by atoms with Gasteiger partial charge in [0.05, 0.1) is 21.9 Å². The van der Waals surface area contributed by atoms with Gasteiger partial charge >= 0.3 is 6.03 Å². The van der Waals surface area contributed by atoms with Crippen molar-refractivity contribution in [2.45, 2.75) is 12.1 Å². The summed E-state index contributed by atoms with van der Waals surface area (Å²) in [4.78, 5) is 39.3. The van der Waals surface area contributed by atoms with Crippen LogP contribution in [0.2, 0.25) is 0 Å². The van der Waals surface area contributed by atoms with E-state index in [9.17, 15) is 25.0 Å². The van der Waals surface area contributed by atoms with Gasteiger partial charge in [-0.1, -0.05) is 24.0 Å². The molecule has 0 bridgehead atoms. The quantitative estimate of drug-likeness (QED) is 0.356. The van der Waals surface area contributed by atoms with Gasteiger partial charge in [0.25, 0.3) is 11.4 Å². The van der Waals surface area contributed by atoms with Crippen molar-refractivity contribution in [1.29, 1.82) is 0 Å². The van der Waals surface area contributed by atoms with Gasteiger partial charge in [0.15, 0.2) is 0 Å². The van der Waals surface area contributed by atoms with Gasteiger partial charge in [0.2, 0.25) is 0 Å². The second kappa shape index (κ2) is 11.7. The van der Waals surface area contributed by atoms with Crippen molar-refractivity contribution in [3.8, 4) is 24.7 Å². The Hall–Kier alpha value is -4.16. The molecule has 2 aromatic carbocycles. The lowest BCUT2D eigenvalue weighted by Gasteiger charge is -2.43. The molecule has 2 amide bonds. The number of nitrogens with one attached hydrogen (secondary N) is 2. The summed E-state index contributed by atoms with van der Waals surface area (Å²) in [7, 11) is 0. The lowest BCUT2D eigenvalue weighted by atomic mass is 9.99. The number of piperazine rings is 2. The number of nitro groups is 2. The van der Waals surface area contributed by atoms with Gasteiger partial charge < -0.3 is 20.4 Å². The molecule has 2 aliphatic rings. The minimum atomic E-state index is -0.528. The molecule has 0 saturated carbocycles. The molecule has 0 aliphatic carbocycles. The number of rotatable bonds is 4. The van der Waals surface area contributed by atoms with Gasteiger partial charge in [-0.05, 0) is 23.3 Å². The Kier molecular flexibility index (Phi) is 8.69. The van der Waals surface area contributed by atoms with Crippen molar-refractivity contribution in [3.05, 3.63) is 78.9 Å². The number of halogens is 1. The molecule has 2 heterocycles. The first-order chi connectivity index (χ1) is 17.3. The molecule has 2 saturated heterocycles. The Morgan fingerprint density at radius 3 is 1.59 bits per heavy atom. The topological polar surface area (TPSA) is 134 Å². The molecule has 11 nitrogen and oxygen atoms in total.